The van der Waals surface area contributed by atoms with Crippen molar-refractivity contribution in [1.29, 1.82) is 0 Å². The van der Waals surface area contributed by atoms with Gasteiger partial charge in [0.2, 0.25) is 11.8 Å². The predicted molar refractivity (Wildman–Crippen MR) is 102 cm³/mol. The van der Waals surface area contributed by atoms with Crippen LogP contribution in [0.4, 0.5) is 5.69 Å². The van der Waals surface area contributed by atoms with E-state index >= 15 is 0 Å². The Morgan fingerprint density at radius 3 is 2.08 bits per heavy atom. The second-order valence-electron chi connectivity index (χ2n) is 6.98. The van der Waals surface area contributed by atoms with E-state index in [-0.39, 0.29) is 11.8 Å². The Morgan fingerprint density at radius 1 is 1.04 bits per heavy atom. The molecule has 138 valence electrons. The summed E-state index contributed by atoms with van der Waals surface area (Å²) in [6.45, 7) is 14.8. The maximum atomic E-state index is 12.5. The van der Waals surface area contributed by atoms with E-state index in [4.69, 9.17) is 0 Å². The maximum Gasteiger partial charge on any atom is 0.224 e. The lowest BCUT2D eigenvalue weighted by molar-refractivity contribution is -0.132. The number of carbonyl (C=O) groups excluding carboxylic acids is 2. The van der Waals surface area contributed by atoms with Gasteiger partial charge in [-0.25, -0.2) is 0 Å². The lowest BCUT2D eigenvalue weighted by Crippen LogP contribution is -2.49. The standard InChI is InChI=1S/C20H31N3O2/c1-6-21-9-11-22(12-10-21)19(25)7-8-23(18(5)24)20-16(3)13-15(2)14-17(20)4/h13-14H,6-12H2,1-5H3. The Balaban J connectivity index is 2.04. The molecule has 25 heavy (non-hydrogen) atoms. The van der Waals surface area contributed by atoms with Crippen LogP contribution < -0.4 is 4.90 Å². The third kappa shape index (κ3) is 4.82. The maximum absolute atomic E-state index is 12.5. The van der Waals surface area contributed by atoms with Crippen LogP contribution >= 0.6 is 0 Å². The molecule has 5 heteroatoms. The highest BCUT2D eigenvalue weighted by atomic mass is 16.2. The van der Waals surface area contributed by atoms with E-state index in [1.807, 2.05) is 18.7 Å². The van der Waals surface area contributed by atoms with Crippen molar-refractivity contribution in [2.45, 2.75) is 41.0 Å². The van der Waals surface area contributed by atoms with Crippen LogP contribution in [0, 0.1) is 20.8 Å². The van der Waals surface area contributed by atoms with E-state index in [0.717, 1.165) is 49.5 Å². The summed E-state index contributed by atoms with van der Waals surface area (Å²) in [6, 6.07) is 4.17. The molecular weight excluding hydrogens is 314 g/mol. The quantitative estimate of drug-likeness (QED) is 0.824. The van der Waals surface area contributed by atoms with Crippen molar-refractivity contribution < 1.29 is 9.59 Å². The minimum Gasteiger partial charge on any atom is -0.340 e. The lowest BCUT2D eigenvalue weighted by Gasteiger charge is -2.34. The summed E-state index contributed by atoms with van der Waals surface area (Å²) in [5.74, 6) is 0.128. The first-order valence-electron chi connectivity index (χ1n) is 9.19. The largest absolute Gasteiger partial charge is 0.340 e. The van der Waals surface area contributed by atoms with Gasteiger partial charge in [0.05, 0.1) is 0 Å². The first-order chi connectivity index (χ1) is 11.8. The van der Waals surface area contributed by atoms with Crippen LogP contribution in [-0.2, 0) is 9.59 Å². The molecule has 1 heterocycles. The van der Waals surface area contributed by atoms with Gasteiger partial charge in [-0.05, 0) is 38.4 Å². The Kier molecular flexibility index (Phi) is 6.59. The van der Waals surface area contributed by atoms with Crippen molar-refractivity contribution in [2.24, 2.45) is 0 Å². The molecule has 0 saturated carbocycles. The monoisotopic (exact) mass is 345 g/mol. The Morgan fingerprint density at radius 2 is 1.60 bits per heavy atom. The molecule has 0 aliphatic carbocycles. The molecule has 0 bridgehead atoms. The summed E-state index contributed by atoms with van der Waals surface area (Å²) in [5, 5.41) is 0. The molecule has 0 radical (unpaired) electrons. The summed E-state index contributed by atoms with van der Waals surface area (Å²) in [5.41, 5.74) is 4.29. The molecule has 0 spiro atoms. The van der Waals surface area contributed by atoms with Crippen molar-refractivity contribution in [2.75, 3.05) is 44.2 Å². The average Bonchev–Trinajstić information content (AvgIpc) is 2.56. The van der Waals surface area contributed by atoms with Crippen molar-refractivity contribution in [3.05, 3.63) is 28.8 Å². The van der Waals surface area contributed by atoms with Gasteiger partial charge in [0.1, 0.15) is 0 Å². The highest BCUT2D eigenvalue weighted by Crippen LogP contribution is 2.26. The molecule has 2 amide bonds. The number of likely N-dealkylation sites (N-methyl/N-ethyl adjacent to an activating group) is 1. The molecule has 1 aliphatic heterocycles. The van der Waals surface area contributed by atoms with Gasteiger partial charge in [0.25, 0.3) is 0 Å². The number of hydrogen-bond donors (Lipinski definition) is 0. The number of anilines is 1. The summed E-state index contributed by atoms with van der Waals surface area (Å²) < 4.78 is 0. The molecule has 0 N–H and O–H groups in total. The predicted octanol–water partition coefficient (Wildman–Crippen LogP) is 2.52. The average molecular weight is 345 g/mol. The van der Waals surface area contributed by atoms with Gasteiger partial charge in [-0.3, -0.25) is 9.59 Å². The van der Waals surface area contributed by atoms with Crippen LogP contribution in [0.15, 0.2) is 12.1 Å². The van der Waals surface area contributed by atoms with Crippen molar-refractivity contribution in [3.8, 4) is 0 Å². The van der Waals surface area contributed by atoms with E-state index in [1.165, 1.54) is 5.56 Å². The van der Waals surface area contributed by atoms with Crippen LogP contribution in [0.3, 0.4) is 0 Å². The van der Waals surface area contributed by atoms with E-state index < -0.39 is 0 Å². The normalized spacial score (nSPS) is 15.3. The van der Waals surface area contributed by atoms with Crippen LogP contribution in [0.2, 0.25) is 0 Å². The van der Waals surface area contributed by atoms with Crippen molar-refractivity contribution in [1.82, 2.24) is 9.80 Å². The van der Waals surface area contributed by atoms with Crippen molar-refractivity contribution >= 4 is 17.5 Å². The van der Waals surface area contributed by atoms with Gasteiger partial charge in [0, 0.05) is 51.8 Å². The fraction of sp³-hybridized carbons (Fsp3) is 0.600. The van der Waals surface area contributed by atoms with Gasteiger partial charge >= 0.3 is 0 Å². The number of piperazine rings is 1. The van der Waals surface area contributed by atoms with E-state index in [2.05, 4.69) is 30.9 Å². The molecule has 1 fully saturated rings. The Bertz CT molecular complexity index is 611. The second kappa shape index (κ2) is 8.48. The summed E-state index contributed by atoms with van der Waals surface area (Å²) in [6.07, 6.45) is 0.373. The number of amides is 2. The van der Waals surface area contributed by atoms with Gasteiger partial charge in [-0.2, -0.15) is 0 Å². The number of carbonyl (C=O) groups is 2. The Hall–Kier alpha value is -1.88. The van der Waals surface area contributed by atoms with Crippen LogP contribution in [0.5, 0.6) is 0 Å². The van der Waals surface area contributed by atoms with Crippen LogP contribution in [-0.4, -0.2) is 60.9 Å². The number of aryl methyl sites for hydroxylation is 3. The molecular formula is C20H31N3O2. The number of hydrogen-bond acceptors (Lipinski definition) is 3. The third-order valence-electron chi connectivity index (χ3n) is 5.01. The minimum absolute atomic E-state index is 0.0151. The molecule has 2 rings (SSSR count). The lowest BCUT2D eigenvalue weighted by atomic mass is 10.0. The van der Waals surface area contributed by atoms with Gasteiger partial charge in [-0.1, -0.05) is 24.6 Å². The topological polar surface area (TPSA) is 43.9 Å². The first-order valence-corrected chi connectivity index (χ1v) is 9.19. The molecule has 1 aliphatic rings. The molecule has 1 aromatic carbocycles. The fourth-order valence-electron chi connectivity index (χ4n) is 3.70. The van der Waals surface area contributed by atoms with Crippen LogP contribution in [0.25, 0.3) is 0 Å². The summed E-state index contributed by atoms with van der Waals surface area (Å²) in [4.78, 5) is 30.8. The SMILES string of the molecule is CCN1CCN(C(=O)CCN(C(C)=O)c2c(C)cc(C)cc2C)CC1. The Labute approximate surface area is 151 Å². The summed E-state index contributed by atoms with van der Waals surface area (Å²) >= 11 is 0. The molecule has 0 atom stereocenters. The molecule has 5 nitrogen and oxygen atoms in total. The zero-order valence-electron chi connectivity index (χ0n) is 16.3. The van der Waals surface area contributed by atoms with Crippen molar-refractivity contribution in [3.63, 3.8) is 0 Å². The first kappa shape index (κ1) is 19.4. The van der Waals surface area contributed by atoms with Gasteiger partial charge < -0.3 is 14.7 Å². The molecule has 1 aromatic rings. The second-order valence-corrected chi connectivity index (χ2v) is 6.98. The number of benzene rings is 1. The molecule has 1 saturated heterocycles. The highest BCUT2D eigenvalue weighted by Gasteiger charge is 2.22. The van der Waals surface area contributed by atoms with Gasteiger partial charge in [-0.15, -0.1) is 0 Å². The zero-order valence-corrected chi connectivity index (χ0v) is 16.3. The van der Waals surface area contributed by atoms with Gasteiger partial charge in [0.15, 0.2) is 0 Å². The molecule has 0 aromatic heterocycles. The number of rotatable bonds is 5. The molecule has 0 unspecified atom stereocenters. The van der Waals surface area contributed by atoms with E-state index in [1.54, 1.807) is 11.8 Å². The van der Waals surface area contributed by atoms with Crippen LogP contribution in [0.1, 0.15) is 37.0 Å². The van der Waals surface area contributed by atoms with E-state index in [9.17, 15) is 9.59 Å². The minimum atomic E-state index is -0.0151. The highest BCUT2D eigenvalue weighted by molar-refractivity contribution is 5.94. The zero-order chi connectivity index (χ0) is 18.6. The third-order valence-corrected chi connectivity index (χ3v) is 5.01. The van der Waals surface area contributed by atoms with E-state index in [0.29, 0.717) is 13.0 Å². The summed E-state index contributed by atoms with van der Waals surface area (Å²) in [7, 11) is 0. The fourth-order valence-corrected chi connectivity index (χ4v) is 3.70. The smallest absolute Gasteiger partial charge is 0.224 e. The number of nitrogens with zero attached hydrogens (tertiary/aromatic N) is 3.